The van der Waals surface area contributed by atoms with Crippen molar-refractivity contribution >= 4 is 22.7 Å². The van der Waals surface area contributed by atoms with Crippen LogP contribution in [0, 0.1) is 0 Å². The predicted molar refractivity (Wildman–Crippen MR) is 163 cm³/mol. The lowest BCUT2D eigenvalue weighted by atomic mass is 9.89. The molecular formula is C34H40N4O3. The van der Waals surface area contributed by atoms with Gasteiger partial charge in [0.1, 0.15) is 5.75 Å². The van der Waals surface area contributed by atoms with Crippen molar-refractivity contribution in [1.82, 2.24) is 20.5 Å². The van der Waals surface area contributed by atoms with E-state index in [9.17, 15) is 9.59 Å². The van der Waals surface area contributed by atoms with Crippen LogP contribution in [-0.4, -0.2) is 61.0 Å². The Bertz CT molecular complexity index is 1430. The molecule has 4 aromatic rings. The Morgan fingerprint density at radius 1 is 0.927 bits per heavy atom. The van der Waals surface area contributed by atoms with Crippen molar-refractivity contribution in [3.8, 4) is 5.75 Å². The highest BCUT2D eigenvalue weighted by Gasteiger charge is 2.23. The van der Waals surface area contributed by atoms with E-state index in [-0.39, 0.29) is 17.9 Å². The lowest BCUT2D eigenvalue weighted by Gasteiger charge is -2.32. The number of H-pyrrole nitrogens is 1. The molecule has 214 valence electrons. The van der Waals surface area contributed by atoms with E-state index in [0.29, 0.717) is 38.3 Å². The van der Waals surface area contributed by atoms with Crippen molar-refractivity contribution in [1.29, 1.82) is 0 Å². The fraction of sp³-hybridized carbons (Fsp3) is 0.353. The molecule has 1 aromatic heterocycles. The van der Waals surface area contributed by atoms with Crippen LogP contribution in [0.2, 0.25) is 0 Å². The van der Waals surface area contributed by atoms with Gasteiger partial charge < -0.3 is 20.4 Å². The first-order valence-corrected chi connectivity index (χ1v) is 14.6. The summed E-state index contributed by atoms with van der Waals surface area (Å²) in [6, 6.07) is 26.3. The third-order valence-electron chi connectivity index (χ3n) is 8.09. The second kappa shape index (κ2) is 14.0. The molecule has 7 heteroatoms. The zero-order valence-corrected chi connectivity index (χ0v) is 23.8. The highest BCUT2D eigenvalue weighted by atomic mass is 16.5. The van der Waals surface area contributed by atoms with Crippen LogP contribution in [0.4, 0.5) is 0 Å². The average Bonchev–Trinajstić information content (AvgIpc) is 3.42. The maximum atomic E-state index is 13.2. The number of carbonyl (C=O) groups excluding carboxylic acids is 2. The zero-order valence-electron chi connectivity index (χ0n) is 23.8. The van der Waals surface area contributed by atoms with Crippen molar-refractivity contribution in [3.05, 3.63) is 102 Å². The number of aromatic nitrogens is 1. The largest absolute Gasteiger partial charge is 0.496 e. The molecule has 2 heterocycles. The number of amides is 2. The number of piperidine rings is 1. The second-order valence-electron chi connectivity index (χ2n) is 10.9. The third-order valence-corrected chi connectivity index (χ3v) is 8.09. The summed E-state index contributed by atoms with van der Waals surface area (Å²) < 4.78 is 5.42. The summed E-state index contributed by atoms with van der Waals surface area (Å²) in [4.78, 5) is 31.6. The van der Waals surface area contributed by atoms with Crippen LogP contribution < -0.4 is 15.4 Å². The van der Waals surface area contributed by atoms with E-state index in [1.54, 1.807) is 7.11 Å². The molecule has 1 aliphatic heterocycles. The molecule has 0 radical (unpaired) electrons. The molecular weight excluding hydrogens is 512 g/mol. The van der Waals surface area contributed by atoms with E-state index in [2.05, 4.69) is 56.9 Å². The summed E-state index contributed by atoms with van der Waals surface area (Å²) in [5, 5.41) is 7.43. The van der Waals surface area contributed by atoms with Gasteiger partial charge in [0.05, 0.1) is 19.7 Å². The van der Waals surface area contributed by atoms with Gasteiger partial charge in [-0.25, -0.2) is 0 Å². The number of hydrogen-bond donors (Lipinski definition) is 3. The first-order valence-electron chi connectivity index (χ1n) is 14.6. The molecule has 1 fully saturated rings. The van der Waals surface area contributed by atoms with Crippen LogP contribution in [-0.2, 0) is 22.4 Å². The van der Waals surface area contributed by atoms with Crippen LogP contribution in [0.1, 0.15) is 41.9 Å². The highest BCUT2D eigenvalue weighted by Crippen LogP contribution is 2.27. The number of aromatic amines is 1. The Morgan fingerprint density at radius 3 is 2.46 bits per heavy atom. The molecule has 0 bridgehead atoms. The third kappa shape index (κ3) is 7.76. The summed E-state index contributed by atoms with van der Waals surface area (Å²) in [7, 11) is 1.64. The van der Waals surface area contributed by atoms with Gasteiger partial charge in [-0.05, 0) is 73.5 Å². The van der Waals surface area contributed by atoms with E-state index in [1.807, 2.05) is 48.7 Å². The molecule has 0 unspecified atom stereocenters. The number of benzene rings is 3. The molecule has 2 amide bonds. The van der Waals surface area contributed by atoms with E-state index >= 15 is 0 Å². The summed E-state index contributed by atoms with van der Waals surface area (Å²) in [5.74, 6) is 1.29. The first-order chi connectivity index (χ1) is 20.1. The van der Waals surface area contributed by atoms with Gasteiger partial charge in [0, 0.05) is 30.1 Å². The summed E-state index contributed by atoms with van der Waals surface area (Å²) in [6.45, 7) is 2.54. The van der Waals surface area contributed by atoms with Crippen molar-refractivity contribution in [2.45, 2.75) is 44.1 Å². The van der Waals surface area contributed by atoms with Crippen LogP contribution in [0.15, 0.2) is 85.1 Å². The SMILES string of the molecule is COc1ccccc1CCC(=O)NC[C@@H](Cc1c[nH]c2ccccc12)NC(=O)CN1CCC(c2ccccc2)CC1. The molecule has 3 N–H and O–H groups in total. The Balaban J connectivity index is 1.17. The number of aryl methyl sites for hydroxylation is 1. The lowest BCUT2D eigenvalue weighted by Crippen LogP contribution is -2.49. The fourth-order valence-electron chi connectivity index (χ4n) is 5.85. The molecule has 1 saturated heterocycles. The van der Waals surface area contributed by atoms with E-state index in [0.717, 1.165) is 53.7 Å². The molecule has 7 nitrogen and oxygen atoms in total. The molecule has 1 atom stereocenters. The van der Waals surface area contributed by atoms with E-state index in [1.165, 1.54) is 5.56 Å². The quantitative estimate of drug-likeness (QED) is 0.235. The van der Waals surface area contributed by atoms with Gasteiger partial charge in [-0.3, -0.25) is 14.5 Å². The van der Waals surface area contributed by atoms with E-state index in [4.69, 9.17) is 4.74 Å². The number of ether oxygens (including phenoxy) is 1. The predicted octanol–water partition coefficient (Wildman–Crippen LogP) is 4.83. The molecule has 1 aliphatic rings. The van der Waals surface area contributed by atoms with Gasteiger partial charge >= 0.3 is 0 Å². The maximum absolute atomic E-state index is 13.2. The number of para-hydroxylation sites is 2. The number of hydrogen-bond acceptors (Lipinski definition) is 4. The molecule has 0 aliphatic carbocycles. The van der Waals surface area contributed by atoms with Gasteiger partial charge in [0.2, 0.25) is 11.8 Å². The highest BCUT2D eigenvalue weighted by molar-refractivity contribution is 5.83. The minimum absolute atomic E-state index is 0.00345. The summed E-state index contributed by atoms with van der Waals surface area (Å²) in [6.07, 6.45) is 5.68. The number of rotatable bonds is 12. The summed E-state index contributed by atoms with van der Waals surface area (Å²) >= 11 is 0. The van der Waals surface area contributed by atoms with Crippen molar-refractivity contribution < 1.29 is 14.3 Å². The molecule has 5 rings (SSSR count). The maximum Gasteiger partial charge on any atom is 0.234 e. The lowest BCUT2D eigenvalue weighted by molar-refractivity contribution is -0.124. The van der Waals surface area contributed by atoms with Gasteiger partial charge in [-0.1, -0.05) is 66.7 Å². The molecule has 0 spiro atoms. The minimum Gasteiger partial charge on any atom is -0.496 e. The summed E-state index contributed by atoms with van der Waals surface area (Å²) in [5.41, 5.74) is 4.58. The number of likely N-dealkylation sites (tertiary alicyclic amines) is 1. The molecule has 0 saturated carbocycles. The minimum atomic E-state index is -0.223. The number of carbonyl (C=O) groups is 2. The smallest absolute Gasteiger partial charge is 0.234 e. The molecule has 3 aromatic carbocycles. The van der Waals surface area contributed by atoms with Crippen molar-refractivity contribution in [3.63, 3.8) is 0 Å². The van der Waals surface area contributed by atoms with Gasteiger partial charge in [0.25, 0.3) is 0 Å². The number of nitrogens with zero attached hydrogens (tertiary/aromatic N) is 1. The Kier molecular flexibility index (Phi) is 9.70. The monoisotopic (exact) mass is 552 g/mol. The topological polar surface area (TPSA) is 86.5 Å². The van der Waals surface area contributed by atoms with Gasteiger partial charge in [0.15, 0.2) is 0 Å². The number of nitrogens with one attached hydrogen (secondary N) is 3. The Hall–Kier alpha value is -4.10. The fourth-order valence-corrected chi connectivity index (χ4v) is 5.85. The normalized spacial score (nSPS) is 15.0. The van der Waals surface area contributed by atoms with Crippen LogP contribution in [0.3, 0.4) is 0 Å². The van der Waals surface area contributed by atoms with Crippen molar-refractivity contribution in [2.75, 3.05) is 33.3 Å². The Labute approximate surface area is 242 Å². The number of methoxy groups -OCH3 is 1. The van der Waals surface area contributed by atoms with Crippen LogP contribution in [0.5, 0.6) is 5.75 Å². The second-order valence-corrected chi connectivity index (χ2v) is 10.9. The first kappa shape index (κ1) is 28.4. The standard InChI is InChI=1S/C34H40N4O3/c1-41-32-14-8-5-11-27(32)15-16-33(39)36-23-29(21-28-22-35-31-13-7-6-12-30(28)31)37-34(40)24-38-19-17-26(18-20-38)25-9-3-2-4-10-25/h2-14,22,26,29,35H,15-21,23-24H2,1H3,(H,36,39)(H,37,40)/t29-/m1/s1. The number of fused-ring (bicyclic) bond motifs is 1. The van der Waals surface area contributed by atoms with Crippen LogP contribution >= 0.6 is 0 Å². The van der Waals surface area contributed by atoms with Crippen LogP contribution in [0.25, 0.3) is 10.9 Å². The van der Waals surface area contributed by atoms with Gasteiger partial charge in [-0.2, -0.15) is 0 Å². The Morgan fingerprint density at radius 2 is 1.66 bits per heavy atom. The zero-order chi connectivity index (χ0) is 28.4. The van der Waals surface area contributed by atoms with E-state index < -0.39 is 0 Å². The van der Waals surface area contributed by atoms with Gasteiger partial charge in [-0.15, -0.1) is 0 Å². The molecule has 41 heavy (non-hydrogen) atoms. The van der Waals surface area contributed by atoms with Crippen molar-refractivity contribution in [2.24, 2.45) is 0 Å². The average molecular weight is 553 g/mol.